The number of nitrogens with zero attached hydrogens (tertiary/aromatic N) is 2. The number of nitrogens with two attached hydrogens (primary N) is 1. The summed E-state index contributed by atoms with van der Waals surface area (Å²) in [6.07, 6.45) is -5.38. The molecule has 4 N–H and O–H groups in total. The van der Waals surface area contributed by atoms with Gasteiger partial charge in [-0.2, -0.15) is 13.2 Å². The second-order valence-corrected chi connectivity index (χ2v) is 10.8. The molecule has 2 aliphatic rings. The fourth-order valence-corrected chi connectivity index (χ4v) is 5.07. The molecule has 42 heavy (non-hydrogen) atoms. The van der Waals surface area contributed by atoms with Crippen molar-refractivity contribution in [3.05, 3.63) is 81.3 Å². The van der Waals surface area contributed by atoms with E-state index >= 15 is 0 Å². The minimum absolute atomic E-state index is 0.0281. The van der Waals surface area contributed by atoms with Crippen LogP contribution in [0.25, 0.3) is 11.3 Å². The van der Waals surface area contributed by atoms with Crippen LogP contribution in [0.1, 0.15) is 44.5 Å². The molecule has 0 aliphatic carbocycles. The number of alkyl halides is 3. The van der Waals surface area contributed by atoms with E-state index in [0.717, 1.165) is 18.2 Å². The van der Waals surface area contributed by atoms with Gasteiger partial charge in [0.05, 0.1) is 17.3 Å². The van der Waals surface area contributed by atoms with Crippen LogP contribution in [0.3, 0.4) is 0 Å². The molecular weight excluding hydrogens is 584 g/mol. The number of aromatic nitrogens is 1. The maximum atomic E-state index is 14.6. The molecule has 5 rings (SSSR count). The standard InChI is InChI=1S/C28H23ClF4N4O5/c1-26(25(34)40)12-42-22-17(26)9-20(36-21(22)13-4-6-19(30)18(29)8-13)27(41,28(31,32)33)11-35-23(38)14-3-5-16-15(7-14)10-37(2)24(16)39/h3-9,41H,10-12H2,1-2H3,(H2,34,40)(H,35,38)/t26-,27-/m0/s1. The van der Waals surface area contributed by atoms with Gasteiger partial charge in [0, 0.05) is 35.8 Å². The molecule has 3 amide bonds. The van der Waals surface area contributed by atoms with Crippen LogP contribution in [0.4, 0.5) is 17.6 Å². The zero-order valence-corrected chi connectivity index (χ0v) is 22.9. The first kappa shape index (κ1) is 29.3. The number of ether oxygens (including phenoxy) is 1. The number of hydrogen-bond acceptors (Lipinski definition) is 6. The fourth-order valence-electron chi connectivity index (χ4n) is 4.89. The number of aliphatic hydroxyl groups is 1. The van der Waals surface area contributed by atoms with Gasteiger partial charge >= 0.3 is 6.18 Å². The van der Waals surface area contributed by atoms with Gasteiger partial charge < -0.3 is 25.8 Å². The van der Waals surface area contributed by atoms with Crippen LogP contribution in [-0.4, -0.2) is 59.1 Å². The molecule has 3 aromatic rings. The van der Waals surface area contributed by atoms with Gasteiger partial charge in [-0.15, -0.1) is 0 Å². The van der Waals surface area contributed by atoms with Crippen molar-refractivity contribution >= 4 is 29.3 Å². The van der Waals surface area contributed by atoms with E-state index in [0.29, 0.717) is 11.1 Å². The lowest BCUT2D eigenvalue weighted by atomic mass is 9.81. The van der Waals surface area contributed by atoms with E-state index in [4.69, 9.17) is 22.1 Å². The molecule has 220 valence electrons. The third-order valence-corrected chi connectivity index (χ3v) is 7.85. The second kappa shape index (κ2) is 9.95. The van der Waals surface area contributed by atoms with Crippen molar-refractivity contribution in [1.29, 1.82) is 0 Å². The van der Waals surface area contributed by atoms with Crippen LogP contribution in [0.15, 0.2) is 42.5 Å². The zero-order chi connectivity index (χ0) is 30.8. The highest BCUT2D eigenvalue weighted by atomic mass is 35.5. The number of pyridine rings is 1. The topological polar surface area (TPSA) is 135 Å². The Hall–Kier alpha value is -4.23. The molecule has 0 saturated carbocycles. The highest BCUT2D eigenvalue weighted by molar-refractivity contribution is 6.31. The normalized spacial score (nSPS) is 19.1. The van der Waals surface area contributed by atoms with Gasteiger partial charge in [-0.1, -0.05) is 11.6 Å². The van der Waals surface area contributed by atoms with Crippen LogP contribution < -0.4 is 15.8 Å². The first-order valence-corrected chi connectivity index (χ1v) is 12.8. The van der Waals surface area contributed by atoms with E-state index in [1.54, 1.807) is 7.05 Å². The number of amides is 3. The molecule has 3 heterocycles. The van der Waals surface area contributed by atoms with Crippen LogP contribution in [0.2, 0.25) is 5.02 Å². The number of benzene rings is 2. The lowest BCUT2D eigenvalue weighted by Crippen LogP contribution is -2.51. The first-order valence-electron chi connectivity index (χ1n) is 12.5. The zero-order valence-electron chi connectivity index (χ0n) is 22.1. The number of carbonyl (C=O) groups excluding carboxylic acids is 3. The van der Waals surface area contributed by atoms with Crippen LogP contribution >= 0.6 is 11.6 Å². The number of fused-ring (bicyclic) bond motifs is 2. The molecular formula is C28H23ClF4N4O5. The van der Waals surface area contributed by atoms with Gasteiger partial charge in [0.2, 0.25) is 11.5 Å². The molecule has 2 aromatic carbocycles. The summed E-state index contributed by atoms with van der Waals surface area (Å²) in [5, 5.41) is 12.9. The Kier molecular flexibility index (Phi) is 6.93. The lowest BCUT2D eigenvalue weighted by Gasteiger charge is -2.31. The largest absolute Gasteiger partial charge is 0.489 e. The molecule has 0 radical (unpaired) electrons. The molecule has 1 aromatic heterocycles. The highest BCUT2D eigenvalue weighted by Gasteiger charge is 2.57. The average molecular weight is 607 g/mol. The summed E-state index contributed by atoms with van der Waals surface area (Å²) >= 11 is 5.90. The van der Waals surface area contributed by atoms with Crippen molar-refractivity contribution in [2.45, 2.75) is 30.7 Å². The number of carbonyl (C=O) groups is 3. The SMILES string of the molecule is CN1Cc2cc(C(=O)NC[C@](O)(c3cc4c(c(-c5ccc(F)c(Cl)c5)n3)OC[C@]4(C)C(N)=O)C(F)(F)F)ccc2C1=O. The third-order valence-electron chi connectivity index (χ3n) is 7.56. The van der Waals surface area contributed by atoms with Crippen molar-refractivity contribution in [1.82, 2.24) is 15.2 Å². The maximum absolute atomic E-state index is 14.6. The Morgan fingerprint density at radius 3 is 2.57 bits per heavy atom. The van der Waals surface area contributed by atoms with Gasteiger partial charge in [0.15, 0.2) is 0 Å². The molecule has 0 unspecified atom stereocenters. The summed E-state index contributed by atoms with van der Waals surface area (Å²) in [6, 6.07) is 8.21. The molecule has 14 heteroatoms. The summed E-state index contributed by atoms with van der Waals surface area (Å²) < 4.78 is 63.3. The van der Waals surface area contributed by atoms with Crippen molar-refractivity contribution in [2.75, 3.05) is 20.2 Å². The molecule has 0 bridgehead atoms. The Balaban J connectivity index is 1.57. The summed E-state index contributed by atoms with van der Waals surface area (Å²) in [5.41, 5.74) is -0.194. The van der Waals surface area contributed by atoms with Gasteiger partial charge in [-0.25, -0.2) is 9.37 Å². The minimum atomic E-state index is -5.38. The third kappa shape index (κ3) is 4.62. The summed E-state index contributed by atoms with van der Waals surface area (Å²) in [5.74, 6) is -3.00. The van der Waals surface area contributed by atoms with Gasteiger partial charge in [0.25, 0.3) is 11.8 Å². The predicted octanol–water partition coefficient (Wildman–Crippen LogP) is 3.44. The Labute approximate surface area is 241 Å². The van der Waals surface area contributed by atoms with Crippen LogP contribution in [0.5, 0.6) is 5.75 Å². The highest BCUT2D eigenvalue weighted by Crippen LogP contribution is 2.48. The molecule has 9 nitrogen and oxygen atoms in total. The van der Waals surface area contributed by atoms with E-state index in [1.807, 2.05) is 0 Å². The smallest absolute Gasteiger partial charge is 0.424 e. The van der Waals surface area contributed by atoms with Crippen LogP contribution in [0, 0.1) is 5.82 Å². The van der Waals surface area contributed by atoms with Crippen molar-refractivity contribution in [2.24, 2.45) is 5.73 Å². The van der Waals surface area contributed by atoms with Gasteiger partial charge in [0.1, 0.15) is 29.3 Å². The molecule has 0 fully saturated rings. The van der Waals surface area contributed by atoms with E-state index < -0.39 is 47.1 Å². The lowest BCUT2D eigenvalue weighted by molar-refractivity contribution is -0.265. The molecule has 0 saturated heterocycles. The fraction of sp³-hybridized carbons (Fsp3) is 0.286. The van der Waals surface area contributed by atoms with E-state index in [-0.39, 0.29) is 52.2 Å². The molecule has 2 atom stereocenters. The summed E-state index contributed by atoms with van der Waals surface area (Å²) in [6.45, 7) is -0.120. The number of halogens is 5. The predicted molar refractivity (Wildman–Crippen MR) is 141 cm³/mol. The first-order chi connectivity index (χ1) is 19.6. The number of primary amides is 1. The maximum Gasteiger partial charge on any atom is 0.424 e. The summed E-state index contributed by atoms with van der Waals surface area (Å²) in [7, 11) is 1.57. The number of rotatable bonds is 6. The average Bonchev–Trinajstić information content (AvgIpc) is 3.43. The Morgan fingerprint density at radius 1 is 1.21 bits per heavy atom. The van der Waals surface area contributed by atoms with E-state index in [1.165, 1.54) is 36.1 Å². The van der Waals surface area contributed by atoms with Crippen molar-refractivity contribution in [3.63, 3.8) is 0 Å². The monoisotopic (exact) mass is 606 g/mol. The quantitative estimate of drug-likeness (QED) is 0.368. The van der Waals surface area contributed by atoms with Crippen molar-refractivity contribution in [3.8, 4) is 17.0 Å². The van der Waals surface area contributed by atoms with Gasteiger partial charge in [-0.3, -0.25) is 14.4 Å². The summed E-state index contributed by atoms with van der Waals surface area (Å²) in [4.78, 5) is 42.9. The Morgan fingerprint density at radius 2 is 1.93 bits per heavy atom. The molecule has 0 spiro atoms. The minimum Gasteiger partial charge on any atom is -0.489 e. The second-order valence-electron chi connectivity index (χ2n) is 10.4. The van der Waals surface area contributed by atoms with Gasteiger partial charge in [-0.05, 0) is 55.0 Å². The van der Waals surface area contributed by atoms with E-state index in [9.17, 15) is 37.1 Å². The van der Waals surface area contributed by atoms with Crippen LogP contribution in [-0.2, 0) is 22.4 Å². The number of nitrogens with one attached hydrogen (secondary N) is 1. The van der Waals surface area contributed by atoms with Crippen molar-refractivity contribution < 1.29 is 41.8 Å². The number of hydrogen-bond donors (Lipinski definition) is 3. The Bertz CT molecular complexity index is 1670. The molecule has 2 aliphatic heterocycles. The van der Waals surface area contributed by atoms with E-state index in [2.05, 4.69) is 10.3 Å².